The van der Waals surface area contributed by atoms with Gasteiger partial charge in [0, 0.05) is 25.0 Å². The fourth-order valence-electron chi connectivity index (χ4n) is 3.85. The van der Waals surface area contributed by atoms with Crippen molar-refractivity contribution in [2.24, 2.45) is 11.8 Å². The Hall–Kier alpha value is -0.570. The number of likely N-dealkylation sites (tertiary alicyclic amines) is 1. The van der Waals surface area contributed by atoms with Crippen molar-refractivity contribution in [3.8, 4) is 0 Å². The van der Waals surface area contributed by atoms with E-state index in [9.17, 15) is 4.79 Å². The first-order chi connectivity index (χ1) is 9.76. The molecule has 0 spiro atoms. The van der Waals surface area contributed by atoms with Gasteiger partial charge in [0.15, 0.2) is 0 Å². The van der Waals surface area contributed by atoms with Crippen molar-refractivity contribution in [1.82, 2.24) is 10.2 Å². The topological polar surface area (TPSA) is 32.3 Å². The predicted molar refractivity (Wildman–Crippen MR) is 83.6 cm³/mol. The van der Waals surface area contributed by atoms with Crippen LogP contribution in [0.25, 0.3) is 0 Å². The van der Waals surface area contributed by atoms with Crippen LogP contribution in [0.15, 0.2) is 0 Å². The van der Waals surface area contributed by atoms with E-state index in [-0.39, 0.29) is 5.92 Å². The van der Waals surface area contributed by atoms with Crippen molar-refractivity contribution in [3.05, 3.63) is 0 Å². The van der Waals surface area contributed by atoms with E-state index in [1.54, 1.807) is 0 Å². The molecular weight excluding hydrogens is 248 g/mol. The fourth-order valence-corrected chi connectivity index (χ4v) is 3.85. The maximum Gasteiger partial charge on any atom is 0.225 e. The maximum absolute atomic E-state index is 12.6. The summed E-state index contributed by atoms with van der Waals surface area (Å²) >= 11 is 0. The molecule has 3 nitrogen and oxygen atoms in total. The standard InChI is InChI=1S/C17H32N2O/c1-3-5-7-14(4-2)17(20)19-12-9-15(10-13-19)16-8-6-11-18-16/h14-16,18H,3-13H2,1-2H3. The van der Waals surface area contributed by atoms with Gasteiger partial charge in [-0.3, -0.25) is 4.79 Å². The van der Waals surface area contributed by atoms with Crippen LogP contribution in [0.1, 0.15) is 65.2 Å². The van der Waals surface area contributed by atoms with Crippen molar-refractivity contribution in [1.29, 1.82) is 0 Å². The van der Waals surface area contributed by atoms with Gasteiger partial charge in [-0.05, 0) is 51.0 Å². The number of piperidine rings is 1. The van der Waals surface area contributed by atoms with Crippen LogP contribution in [0, 0.1) is 11.8 Å². The highest BCUT2D eigenvalue weighted by Gasteiger charge is 2.31. The Morgan fingerprint density at radius 1 is 1.25 bits per heavy atom. The zero-order chi connectivity index (χ0) is 14.4. The van der Waals surface area contributed by atoms with Gasteiger partial charge in [0.25, 0.3) is 0 Å². The van der Waals surface area contributed by atoms with Gasteiger partial charge in [-0.15, -0.1) is 0 Å². The first-order valence-corrected chi connectivity index (χ1v) is 8.78. The number of nitrogens with zero attached hydrogens (tertiary/aromatic N) is 1. The van der Waals surface area contributed by atoms with E-state index in [1.165, 1.54) is 45.1 Å². The van der Waals surface area contributed by atoms with E-state index in [0.29, 0.717) is 5.91 Å². The van der Waals surface area contributed by atoms with Crippen LogP contribution >= 0.6 is 0 Å². The third-order valence-corrected chi connectivity index (χ3v) is 5.27. The molecule has 2 heterocycles. The van der Waals surface area contributed by atoms with Gasteiger partial charge in [-0.1, -0.05) is 26.7 Å². The van der Waals surface area contributed by atoms with Gasteiger partial charge in [0.2, 0.25) is 5.91 Å². The molecule has 2 unspecified atom stereocenters. The Bertz CT molecular complexity index is 291. The molecule has 2 fully saturated rings. The summed E-state index contributed by atoms with van der Waals surface area (Å²) in [5.41, 5.74) is 0. The fraction of sp³-hybridized carbons (Fsp3) is 0.941. The number of carbonyl (C=O) groups excluding carboxylic acids is 1. The third kappa shape index (κ3) is 3.97. The second-order valence-electron chi connectivity index (χ2n) is 6.61. The number of carbonyl (C=O) groups is 1. The molecule has 0 aromatic heterocycles. The molecule has 0 aliphatic carbocycles. The number of hydrogen-bond donors (Lipinski definition) is 1. The molecule has 2 aliphatic rings. The molecule has 2 atom stereocenters. The van der Waals surface area contributed by atoms with Crippen molar-refractivity contribution < 1.29 is 4.79 Å². The van der Waals surface area contributed by atoms with Crippen molar-refractivity contribution in [3.63, 3.8) is 0 Å². The zero-order valence-corrected chi connectivity index (χ0v) is 13.4. The lowest BCUT2D eigenvalue weighted by molar-refractivity contribution is -0.137. The van der Waals surface area contributed by atoms with E-state index in [0.717, 1.165) is 37.9 Å². The highest BCUT2D eigenvalue weighted by Crippen LogP contribution is 2.27. The highest BCUT2D eigenvalue weighted by atomic mass is 16.2. The molecule has 116 valence electrons. The lowest BCUT2D eigenvalue weighted by Gasteiger charge is -2.36. The SMILES string of the molecule is CCCCC(CC)C(=O)N1CCC(C2CCCN2)CC1. The minimum Gasteiger partial charge on any atom is -0.342 e. The van der Waals surface area contributed by atoms with Crippen LogP contribution in [0.2, 0.25) is 0 Å². The Morgan fingerprint density at radius 3 is 2.55 bits per heavy atom. The summed E-state index contributed by atoms with van der Waals surface area (Å²) in [6.07, 6.45) is 9.54. The third-order valence-electron chi connectivity index (χ3n) is 5.27. The first-order valence-electron chi connectivity index (χ1n) is 8.78. The molecule has 1 N–H and O–H groups in total. The van der Waals surface area contributed by atoms with Gasteiger partial charge < -0.3 is 10.2 Å². The molecule has 1 amide bonds. The van der Waals surface area contributed by atoms with E-state index in [4.69, 9.17) is 0 Å². The van der Waals surface area contributed by atoms with Crippen LogP contribution in [-0.2, 0) is 4.79 Å². The molecule has 2 rings (SSSR count). The highest BCUT2D eigenvalue weighted by molar-refractivity contribution is 5.78. The summed E-state index contributed by atoms with van der Waals surface area (Å²) in [7, 11) is 0. The number of nitrogens with one attached hydrogen (secondary N) is 1. The number of rotatable bonds is 6. The Labute approximate surface area is 124 Å². The minimum atomic E-state index is 0.274. The summed E-state index contributed by atoms with van der Waals surface area (Å²) < 4.78 is 0. The molecule has 3 heteroatoms. The summed E-state index contributed by atoms with van der Waals surface area (Å²) in [5, 5.41) is 3.63. The quantitative estimate of drug-likeness (QED) is 0.810. The Kier molecular flexibility index (Phi) is 6.34. The molecular formula is C17H32N2O. The lowest BCUT2D eigenvalue weighted by Crippen LogP contribution is -2.45. The Balaban J connectivity index is 1.78. The van der Waals surface area contributed by atoms with Crippen molar-refractivity contribution in [2.45, 2.75) is 71.3 Å². The molecule has 0 radical (unpaired) electrons. The molecule has 0 aromatic carbocycles. The second-order valence-corrected chi connectivity index (χ2v) is 6.61. The molecule has 20 heavy (non-hydrogen) atoms. The van der Waals surface area contributed by atoms with Crippen LogP contribution < -0.4 is 5.32 Å². The van der Waals surface area contributed by atoms with Crippen LogP contribution in [0.4, 0.5) is 0 Å². The van der Waals surface area contributed by atoms with E-state index >= 15 is 0 Å². The molecule has 2 aliphatic heterocycles. The largest absolute Gasteiger partial charge is 0.342 e. The monoisotopic (exact) mass is 280 g/mol. The van der Waals surface area contributed by atoms with Crippen LogP contribution in [-0.4, -0.2) is 36.5 Å². The Morgan fingerprint density at radius 2 is 2.00 bits per heavy atom. The van der Waals surface area contributed by atoms with Gasteiger partial charge >= 0.3 is 0 Å². The smallest absolute Gasteiger partial charge is 0.225 e. The number of hydrogen-bond acceptors (Lipinski definition) is 2. The first kappa shape index (κ1) is 15.8. The second kappa shape index (κ2) is 8.02. The number of unbranched alkanes of at least 4 members (excludes halogenated alkanes) is 1. The van der Waals surface area contributed by atoms with Gasteiger partial charge in [0.05, 0.1) is 0 Å². The summed E-state index contributed by atoms with van der Waals surface area (Å²) in [6, 6.07) is 0.731. The average Bonchev–Trinajstić information content (AvgIpc) is 3.02. The minimum absolute atomic E-state index is 0.274. The molecule has 0 saturated carbocycles. The van der Waals surface area contributed by atoms with Crippen molar-refractivity contribution >= 4 is 5.91 Å². The maximum atomic E-state index is 12.6. The lowest BCUT2D eigenvalue weighted by atomic mass is 9.87. The predicted octanol–water partition coefficient (Wildman–Crippen LogP) is 3.19. The van der Waals surface area contributed by atoms with Gasteiger partial charge in [-0.2, -0.15) is 0 Å². The van der Waals surface area contributed by atoms with Gasteiger partial charge in [-0.25, -0.2) is 0 Å². The van der Waals surface area contributed by atoms with Crippen LogP contribution in [0.5, 0.6) is 0 Å². The summed E-state index contributed by atoms with van der Waals surface area (Å²) in [5.74, 6) is 1.51. The van der Waals surface area contributed by atoms with Crippen LogP contribution in [0.3, 0.4) is 0 Å². The average molecular weight is 280 g/mol. The van der Waals surface area contributed by atoms with Gasteiger partial charge in [0.1, 0.15) is 0 Å². The molecule has 0 aromatic rings. The summed E-state index contributed by atoms with van der Waals surface area (Å²) in [4.78, 5) is 14.7. The normalized spacial score (nSPS) is 25.9. The van der Waals surface area contributed by atoms with E-state index in [1.807, 2.05) is 0 Å². The van der Waals surface area contributed by atoms with E-state index < -0.39 is 0 Å². The van der Waals surface area contributed by atoms with E-state index in [2.05, 4.69) is 24.1 Å². The summed E-state index contributed by atoms with van der Waals surface area (Å²) in [6.45, 7) is 7.54. The van der Waals surface area contributed by atoms with Crippen molar-refractivity contribution in [2.75, 3.05) is 19.6 Å². The zero-order valence-electron chi connectivity index (χ0n) is 13.4. The number of amides is 1. The molecule has 2 saturated heterocycles. The molecule has 0 bridgehead atoms.